The molecule has 0 aromatic heterocycles. The van der Waals surface area contributed by atoms with E-state index in [1.807, 2.05) is 30.2 Å². The first kappa shape index (κ1) is 20.8. The van der Waals surface area contributed by atoms with Gasteiger partial charge in [0.05, 0.1) is 17.4 Å². The second-order valence-electron chi connectivity index (χ2n) is 9.94. The average Bonchev–Trinajstić information content (AvgIpc) is 3.38. The summed E-state index contributed by atoms with van der Waals surface area (Å²) in [6.07, 6.45) is 5.18. The van der Waals surface area contributed by atoms with Crippen LogP contribution in [-0.4, -0.2) is 29.6 Å². The summed E-state index contributed by atoms with van der Waals surface area (Å²) in [6, 6.07) is 14.5. The van der Waals surface area contributed by atoms with Gasteiger partial charge in [-0.3, -0.25) is 9.59 Å². The lowest BCUT2D eigenvalue weighted by Crippen LogP contribution is -2.41. The summed E-state index contributed by atoms with van der Waals surface area (Å²) in [5.41, 5.74) is 6.57. The van der Waals surface area contributed by atoms with Crippen LogP contribution in [-0.2, 0) is 15.0 Å². The molecule has 3 unspecified atom stereocenters. The maximum absolute atomic E-state index is 13.4. The average molecular weight is 458 g/mol. The molecule has 2 aromatic carbocycles. The second kappa shape index (κ2) is 7.36. The van der Waals surface area contributed by atoms with Crippen molar-refractivity contribution in [1.29, 1.82) is 0 Å². The first-order valence-corrected chi connectivity index (χ1v) is 12.3. The van der Waals surface area contributed by atoms with Crippen LogP contribution < -0.4 is 10.2 Å². The molecule has 0 radical (unpaired) electrons. The van der Waals surface area contributed by atoms with Gasteiger partial charge in [0.15, 0.2) is 0 Å². The molecule has 0 saturated heterocycles. The van der Waals surface area contributed by atoms with E-state index in [4.69, 9.17) is 0 Å². The Morgan fingerprint density at radius 3 is 2.70 bits per heavy atom. The number of hydrogen-bond donors (Lipinski definition) is 0. The van der Waals surface area contributed by atoms with Crippen LogP contribution in [0.1, 0.15) is 55.3 Å². The highest BCUT2D eigenvalue weighted by atomic mass is 31.0. The Hall–Kier alpha value is -2.78. The number of amides is 2. The number of carbonyl (C=O) groups excluding carboxylic acids is 2. The van der Waals surface area contributed by atoms with E-state index in [-0.39, 0.29) is 29.2 Å². The number of aryl methyl sites for hydroxylation is 1. The molecule has 168 valence electrons. The molecule has 1 fully saturated rings. The molecular formula is C27H28N3O2P. The number of hydrazone groups is 1. The summed E-state index contributed by atoms with van der Waals surface area (Å²) in [7, 11) is 2.75. The Bertz CT molecular complexity index is 1240. The third-order valence-corrected chi connectivity index (χ3v) is 8.19. The van der Waals surface area contributed by atoms with Crippen LogP contribution in [0.5, 0.6) is 0 Å². The van der Waals surface area contributed by atoms with Gasteiger partial charge in [0.2, 0.25) is 5.91 Å². The van der Waals surface area contributed by atoms with Crippen LogP contribution in [0.15, 0.2) is 58.7 Å². The lowest BCUT2D eigenvalue weighted by Gasteiger charge is -2.36. The molecular weight excluding hydrogens is 429 g/mol. The van der Waals surface area contributed by atoms with E-state index >= 15 is 0 Å². The molecule has 33 heavy (non-hydrogen) atoms. The molecule has 2 heterocycles. The number of carbonyl (C=O) groups is 2. The summed E-state index contributed by atoms with van der Waals surface area (Å²) in [6.45, 7) is 4.71. The second-order valence-corrected chi connectivity index (χ2v) is 10.6. The van der Waals surface area contributed by atoms with Gasteiger partial charge in [-0.2, -0.15) is 5.10 Å². The van der Waals surface area contributed by atoms with E-state index in [1.165, 1.54) is 16.7 Å². The topological polar surface area (TPSA) is 53.0 Å². The maximum atomic E-state index is 13.4. The van der Waals surface area contributed by atoms with Crippen molar-refractivity contribution in [1.82, 2.24) is 5.01 Å². The van der Waals surface area contributed by atoms with E-state index in [9.17, 15) is 9.59 Å². The van der Waals surface area contributed by atoms with E-state index in [2.05, 4.69) is 51.6 Å². The van der Waals surface area contributed by atoms with E-state index in [1.54, 1.807) is 5.01 Å². The van der Waals surface area contributed by atoms with Crippen molar-refractivity contribution in [2.45, 2.75) is 51.0 Å². The molecule has 1 spiro atoms. The number of benzene rings is 2. The Morgan fingerprint density at radius 2 is 1.97 bits per heavy atom. The van der Waals surface area contributed by atoms with Crippen molar-refractivity contribution < 1.29 is 9.59 Å². The monoisotopic (exact) mass is 457 g/mol. The molecule has 2 amide bonds. The Kier molecular flexibility index (Phi) is 4.64. The van der Waals surface area contributed by atoms with Gasteiger partial charge in [-0.1, -0.05) is 41.5 Å². The number of rotatable bonds is 4. The number of anilines is 1. The summed E-state index contributed by atoms with van der Waals surface area (Å²) in [5, 5.41) is 7.25. The van der Waals surface area contributed by atoms with E-state index in [0.717, 1.165) is 41.4 Å². The lowest BCUT2D eigenvalue weighted by atomic mass is 9.77. The van der Waals surface area contributed by atoms with E-state index in [0.29, 0.717) is 13.0 Å². The quantitative estimate of drug-likeness (QED) is 0.511. The fourth-order valence-corrected chi connectivity index (χ4v) is 6.24. The molecule has 2 aliphatic heterocycles. The zero-order valence-electron chi connectivity index (χ0n) is 19.0. The molecule has 0 N–H and O–H groups in total. The SMILES string of the molecule is CC1=C(CN2C(=O)C3(CC3)c3ccccc32)CC1C(=O)N1N=CCC1c1cc(C)cc(P)c1. The number of nitrogens with zero attached hydrogens (tertiary/aromatic N) is 3. The normalized spacial score (nSPS) is 24.5. The minimum Gasteiger partial charge on any atom is -0.307 e. The van der Waals surface area contributed by atoms with Crippen LogP contribution in [0.2, 0.25) is 0 Å². The van der Waals surface area contributed by atoms with Crippen molar-refractivity contribution in [2.24, 2.45) is 11.0 Å². The van der Waals surface area contributed by atoms with Crippen LogP contribution in [0.4, 0.5) is 5.69 Å². The van der Waals surface area contributed by atoms with Crippen molar-refractivity contribution in [2.75, 3.05) is 11.4 Å². The zero-order valence-corrected chi connectivity index (χ0v) is 20.2. The maximum Gasteiger partial charge on any atom is 0.250 e. The van der Waals surface area contributed by atoms with Crippen LogP contribution >= 0.6 is 9.24 Å². The molecule has 6 rings (SSSR count). The van der Waals surface area contributed by atoms with Crippen LogP contribution in [0.3, 0.4) is 0 Å². The van der Waals surface area contributed by atoms with Crippen LogP contribution in [0, 0.1) is 12.8 Å². The van der Waals surface area contributed by atoms with Gasteiger partial charge in [0, 0.05) is 24.9 Å². The summed E-state index contributed by atoms with van der Waals surface area (Å²) < 4.78 is 0. The van der Waals surface area contributed by atoms with Gasteiger partial charge >= 0.3 is 0 Å². The number of fused-ring (bicyclic) bond motifs is 2. The lowest BCUT2D eigenvalue weighted by molar-refractivity contribution is -0.136. The van der Waals surface area contributed by atoms with Gasteiger partial charge < -0.3 is 4.90 Å². The van der Waals surface area contributed by atoms with Crippen molar-refractivity contribution >= 4 is 38.3 Å². The molecule has 2 aliphatic carbocycles. The van der Waals surface area contributed by atoms with Gasteiger partial charge in [-0.25, -0.2) is 5.01 Å². The Balaban J connectivity index is 1.21. The molecule has 1 saturated carbocycles. The predicted octanol–water partition coefficient (Wildman–Crippen LogP) is 4.17. The largest absolute Gasteiger partial charge is 0.307 e. The summed E-state index contributed by atoms with van der Waals surface area (Å²) in [4.78, 5) is 28.6. The zero-order chi connectivity index (χ0) is 22.9. The number of para-hydroxylation sites is 1. The minimum atomic E-state index is -0.272. The van der Waals surface area contributed by atoms with Crippen molar-refractivity contribution in [3.05, 3.63) is 70.3 Å². The molecule has 2 aromatic rings. The van der Waals surface area contributed by atoms with E-state index < -0.39 is 0 Å². The highest BCUT2D eigenvalue weighted by Gasteiger charge is 2.59. The van der Waals surface area contributed by atoms with Crippen molar-refractivity contribution in [3.63, 3.8) is 0 Å². The summed E-state index contributed by atoms with van der Waals surface area (Å²) in [5.74, 6) is 0.144. The predicted molar refractivity (Wildman–Crippen MR) is 134 cm³/mol. The Morgan fingerprint density at radius 1 is 1.18 bits per heavy atom. The molecule has 3 atom stereocenters. The van der Waals surface area contributed by atoms with Gasteiger partial charge in [0.25, 0.3) is 5.91 Å². The van der Waals surface area contributed by atoms with Crippen molar-refractivity contribution in [3.8, 4) is 0 Å². The molecule has 4 aliphatic rings. The number of hydrogen-bond acceptors (Lipinski definition) is 3. The minimum absolute atomic E-state index is 0.0460. The highest BCUT2D eigenvalue weighted by Crippen LogP contribution is 2.57. The summed E-state index contributed by atoms with van der Waals surface area (Å²) >= 11 is 0. The third-order valence-electron chi connectivity index (χ3n) is 7.86. The molecule has 6 heteroatoms. The highest BCUT2D eigenvalue weighted by molar-refractivity contribution is 7.27. The van der Waals surface area contributed by atoms with Gasteiger partial charge in [-0.05, 0) is 67.2 Å². The van der Waals surface area contributed by atoms with Crippen LogP contribution in [0.25, 0.3) is 0 Å². The van der Waals surface area contributed by atoms with Gasteiger partial charge in [-0.15, -0.1) is 9.24 Å². The first-order chi connectivity index (χ1) is 15.9. The smallest absolute Gasteiger partial charge is 0.250 e. The fourth-order valence-electron chi connectivity index (χ4n) is 5.79. The standard InChI is InChI=1S/C27H28N3O2P/c1-16-11-18(13-20(33)12-16)23-7-10-28-30(23)25(31)21-14-19(17(21)2)15-29-24-6-4-3-5-22(24)27(8-9-27)26(29)32/h3-6,10-13,21,23H,7-9,14-15,33H2,1-2H3. The molecule has 5 nitrogen and oxygen atoms in total. The third kappa shape index (κ3) is 3.13. The van der Waals surface area contributed by atoms with Gasteiger partial charge in [0.1, 0.15) is 0 Å². The fraction of sp³-hybridized carbons (Fsp3) is 0.370. The molecule has 0 bridgehead atoms. The first-order valence-electron chi connectivity index (χ1n) is 11.7. The Labute approximate surface area is 196 Å².